The van der Waals surface area contributed by atoms with Crippen molar-refractivity contribution in [3.63, 3.8) is 0 Å². The fraction of sp³-hybridized carbons (Fsp3) is 0.688. The Bertz CT molecular complexity index is 511. The normalized spacial score (nSPS) is 41.9. The highest BCUT2D eigenvalue weighted by Crippen LogP contribution is 2.61. The second kappa shape index (κ2) is 4.31. The molecule has 4 fully saturated rings. The molecule has 0 aliphatic heterocycles. The maximum atomic E-state index is 12.7. The molecule has 0 saturated heterocycles. The minimum atomic E-state index is -0.551. The van der Waals surface area contributed by atoms with Crippen LogP contribution in [-0.2, 0) is 11.3 Å². The van der Waals surface area contributed by atoms with Gasteiger partial charge in [-0.05, 0) is 61.8 Å². The number of carbonyl (C=O) groups is 1. The van der Waals surface area contributed by atoms with Crippen LogP contribution in [0.5, 0.6) is 0 Å². The van der Waals surface area contributed by atoms with Gasteiger partial charge in [-0.15, -0.1) is 11.3 Å². The molecule has 4 aliphatic carbocycles. The summed E-state index contributed by atoms with van der Waals surface area (Å²) in [5, 5.41) is 15.8. The number of aliphatic hydroxyl groups is 1. The quantitative estimate of drug-likeness (QED) is 0.899. The Balaban J connectivity index is 1.51. The molecule has 108 valence electrons. The highest BCUT2D eigenvalue weighted by Gasteiger charge is 2.60. The fourth-order valence-corrected chi connectivity index (χ4v) is 5.89. The van der Waals surface area contributed by atoms with Gasteiger partial charge in [-0.1, -0.05) is 6.07 Å². The monoisotopic (exact) mass is 291 g/mol. The Kier molecular flexibility index (Phi) is 2.77. The van der Waals surface area contributed by atoms with E-state index in [1.165, 1.54) is 11.3 Å². The summed E-state index contributed by atoms with van der Waals surface area (Å²) in [5.41, 5.74) is -0.833. The van der Waals surface area contributed by atoms with Crippen LogP contribution in [0.3, 0.4) is 0 Å². The van der Waals surface area contributed by atoms with Crippen LogP contribution in [0.2, 0.25) is 0 Å². The van der Waals surface area contributed by atoms with Gasteiger partial charge in [0, 0.05) is 4.88 Å². The predicted molar refractivity (Wildman–Crippen MR) is 78.2 cm³/mol. The highest BCUT2D eigenvalue weighted by atomic mass is 32.1. The molecule has 0 aromatic carbocycles. The van der Waals surface area contributed by atoms with Gasteiger partial charge in [-0.2, -0.15) is 0 Å². The zero-order valence-corrected chi connectivity index (χ0v) is 12.4. The van der Waals surface area contributed by atoms with E-state index in [1.807, 2.05) is 11.4 Å². The number of hydrogen-bond donors (Lipinski definition) is 2. The Labute approximate surface area is 123 Å². The second-order valence-corrected chi connectivity index (χ2v) is 8.26. The second-order valence-electron chi connectivity index (χ2n) is 7.23. The molecule has 0 radical (unpaired) electrons. The number of carbonyl (C=O) groups excluding carboxylic acids is 1. The van der Waals surface area contributed by atoms with Gasteiger partial charge in [0.15, 0.2) is 0 Å². The van der Waals surface area contributed by atoms with Crippen LogP contribution in [0.25, 0.3) is 0 Å². The van der Waals surface area contributed by atoms with Gasteiger partial charge in [-0.3, -0.25) is 4.79 Å². The van der Waals surface area contributed by atoms with Crippen molar-refractivity contribution in [2.45, 2.75) is 50.7 Å². The van der Waals surface area contributed by atoms with Crippen molar-refractivity contribution in [3.8, 4) is 0 Å². The molecular weight excluding hydrogens is 270 g/mol. The van der Waals surface area contributed by atoms with Crippen molar-refractivity contribution >= 4 is 17.2 Å². The zero-order valence-electron chi connectivity index (χ0n) is 11.6. The van der Waals surface area contributed by atoms with Gasteiger partial charge in [0.1, 0.15) is 0 Å². The molecule has 1 amide bonds. The van der Waals surface area contributed by atoms with Crippen LogP contribution in [-0.4, -0.2) is 16.6 Å². The SMILES string of the molecule is O=C(NCc1cccs1)C12C[C@@H]3C[C@@H](CC(O)(C3)C1)C2. The molecule has 4 atom stereocenters. The van der Waals surface area contributed by atoms with Crippen molar-refractivity contribution in [3.05, 3.63) is 22.4 Å². The first kappa shape index (κ1) is 12.8. The van der Waals surface area contributed by atoms with Crippen molar-refractivity contribution < 1.29 is 9.90 Å². The number of amides is 1. The first-order valence-corrected chi connectivity index (χ1v) is 8.48. The summed E-state index contributed by atoms with van der Waals surface area (Å²) in [4.78, 5) is 13.9. The zero-order chi connectivity index (χ0) is 13.8. The summed E-state index contributed by atoms with van der Waals surface area (Å²) in [5.74, 6) is 1.31. The van der Waals surface area contributed by atoms with Crippen molar-refractivity contribution in [1.29, 1.82) is 0 Å². The van der Waals surface area contributed by atoms with Crippen LogP contribution >= 0.6 is 11.3 Å². The van der Waals surface area contributed by atoms with Crippen molar-refractivity contribution in [2.24, 2.45) is 17.3 Å². The smallest absolute Gasteiger partial charge is 0.226 e. The Morgan fingerprint density at radius 2 is 2.10 bits per heavy atom. The number of nitrogens with one attached hydrogen (secondary N) is 1. The largest absolute Gasteiger partial charge is 0.390 e. The van der Waals surface area contributed by atoms with E-state index in [2.05, 4.69) is 11.4 Å². The lowest BCUT2D eigenvalue weighted by atomic mass is 9.47. The summed E-state index contributed by atoms with van der Waals surface area (Å²) < 4.78 is 0. The third kappa shape index (κ3) is 2.01. The van der Waals surface area contributed by atoms with Crippen LogP contribution in [0.4, 0.5) is 0 Å². The summed E-state index contributed by atoms with van der Waals surface area (Å²) in [6.07, 6.45) is 5.72. The Morgan fingerprint density at radius 3 is 2.70 bits per heavy atom. The summed E-state index contributed by atoms with van der Waals surface area (Å²) in [6.45, 7) is 0.631. The third-order valence-corrected chi connectivity index (χ3v) is 6.39. The highest BCUT2D eigenvalue weighted by molar-refractivity contribution is 7.09. The first-order valence-electron chi connectivity index (χ1n) is 7.60. The minimum Gasteiger partial charge on any atom is -0.390 e. The van der Waals surface area contributed by atoms with Crippen LogP contribution in [0, 0.1) is 17.3 Å². The van der Waals surface area contributed by atoms with Crippen LogP contribution < -0.4 is 5.32 Å². The standard InChI is InChI=1S/C16H21NO2S/c18-14(17-9-13-2-1-3-20-13)15-5-11-4-12(6-15)8-16(19,7-11)10-15/h1-3,11-12,19H,4-10H2,(H,17,18)/t11-,12+,15?,16?. The minimum absolute atomic E-state index is 0.179. The first-order chi connectivity index (χ1) is 9.57. The molecule has 0 spiro atoms. The van der Waals surface area contributed by atoms with Crippen molar-refractivity contribution in [2.75, 3.05) is 0 Å². The summed E-state index contributed by atoms with van der Waals surface area (Å²) in [7, 11) is 0. The third-order valence-electron chi connectivity index (χ3n) is 5.52. The Morgan fingerprint density at radius 1 is 1.35 bits per heavy atom. The molecule has 5 rings (SSSR count). The van der Waals surface area contributed by atoms with E-state index in [0.29, 0.717) is 24.8 Å². The predicted octanol–water partition coefficient (Wildman–Crippen LogP) is 2.70. The number of hydrogen-bond acceptors (Lipinski definition) is 3. The van der Waals surface area contributed by atoms with Gasteiger partial charge < -0.3 is 10.4 Å². The molecule has 2 N–H and O–H groups in total. The lowest BCUT2D eigenvalue weighted by Crippen LogP contribution is -2.60. The lowest BCUT2D eigenvalue weighted by Gasteiger charge is -2.59. The molecule has 4 heteroatoms. The van der Waals surface area contributed by atoms with Gasteiger partial charge in [0.05, 0.1) is 17.6 Å². The molecule has 4 aliphatic rings. The van der Waals surface area contributed by atoms with E-state index in [4.69, 9.17) is 0 Å². The Hall–Kier alpha value is -0.870. The average Bonchev–Trinajstić information content (AvgIpc) is 2.85. The molecule has 1 aromatic rings. The molecular formula is C16H21NO2S. The van der Waals surface area contributed by atoms with E-state index < -0.39 is 5.60 Å². The molecule has 4 bridgehead atoms. The van der Waals surface area contributed by atoms with E-state index in [-0.39, 0.29) is 11.3 Å². The summed E-state index contributed by atoms with van der Waals surface area (Å²) in [6, 6.07) is 4.07. The topological polar surface area (TPSA) is 49.3 Å². The molecule has 2 unspecified atom stereocenters. The fourth-order valence-electron chi connectivity index (χ4n) is 5.25. The van der Waals surface area contributed by atoms with Crippen molar-refractivity contribution in [1.82, 2.24) is 5.32 Å². The molecule has 3 nitrogen and oxygen atoms in total. The molecule has 20 heavy (non-hydrogen) atoms. The van der Waals surface area contributed by atoms with E-state index in [0.717, 1.165) is 25.7 Å². The maximum Gasteiger partial charge on any atom is 0.226 e. The average molecular weight is 291 g/mol. The molecule has 1 aromatic heterocycles. The number of rotatable bonds is 3. The molecule has 4 saturated carbocycles. The van der Waals surface area contributed by atoms with Crippen LogP contribution in [0.1, 0.15) is 43.4 Å². The number of thiophene rings is 1. The van der Waals surface area contributed by atoms with E-state index >= 15 is 0 Å². The van der Waals surface area contributed by atoms with Gasteiger partial charge in [0.2, 0.25) is 5.91 Å². The maximum absolute atomic E-state index is 12.7. The summed E-state index contributed by atoms with van der Waals surface area (Å²) >= 11 is 1.68. The van der Waals surface area contributed by atoms with E-state index in [1.54, 1.807) is 11.3 Å². The van der Waals surface area contributed by atoms with Gasteiger partial charge in [-0.25, -0.2) is 0 Å². The molecule has 1 heterocycles. The van der Waals surface area contributed by atoms with Gasteiger partial charge >= 0.3 is 0 Å². The van der Waals surface area contributed by atoms with Crippen LogP contribution in [0.15, 0.2) is 17.5 Å². The van der Waals surface area contributed by atoms with Gasteiger partial charge in [0.25, 0.3) is 0 Å². The lowest BCUT2D eigenvalue weighted by molar-refractivity contribution is -0.178. The van der Waals surface area contributed by atoms with E-state index in [9.17, 15) is 9.90 Å².